The molecule has 0 saturated heterocycles. The smallest absolute Gasteiger partial charge is 0.273 e. The van der Waals surface area contributed by atoms with Gasteiger partial charge in [0, 0.05) is 12.4 Å². The zero-order chi connectivity index (χ0) is 23.7. The predicted octanol–water partition coefficient (Wildman–Crippen LogP) is 4.35. The third kappa shape index (κ3) is 5.40. The normalized spacial score (nSPS) is 12.2. The lowest BCUT2D eigenvalue weighted by Crippen LogP contribution is -2.32. The van der Waals surface area contributed by atoms with E-state index in [9.17, 15) is 22.7 Å². The van der Waals surface area contributed by atoms with Crippen molar-refractivity contribution in [3.05, 3.63) is 70.6 Å². The van der Waals surface area contributed by atoms with E-state index in [0.717, 1.165) is 11.3 Å². The van der Waals surface area contributed by atoms with Gasteiger partial charge in [-0.3, -0.25) is 9.78 Å². The lowest BCUT2D eigenvalue weighted by molar-refractivity contribution is -0.118. The molecular formula is C23H25FN2O4S2. The average molecular weight is 477 g/mol. The number of hydrogen-bond donors (Lipinski definition) is 2. The van der Waals surface area contributed by atoms with E-state index >= 15 is 0 Å². The van der Waals surface area contributed by atoms with Crippen LogP contribution in [0.3, 0.4) is 0 Å². The molecule has 0 bridgehead atoms. The number of nitrogens with one attached hydrogen (secondary N) is 1. The van der Waals surface area contributed by atoms with Crippen LogP contribution >= 0.6 is 11.3 Å². The summed E-state index contributed by atoms with van der Waals surface area (Å²) in [6.45, 7) is 6.86. The second kappa shape index (κ2) is 9.09. The summed E-state index contributed by atoms with van der Waals surface area (Å²) in [6.07, 6.45) is 2.90. The van der Waals surface area contributed by atoms with Gasteiger partial charge in [0.2, 0.25) is 5.91 Å². The number of aromatic nitrogens is 1. The van der Waals surface area contributed by atoms with Gasteiger partial charge in [0.05, 0.1) is 12.0 Å². The highest BCUT2D eigenvalue weighted by molar-refractivity contribution is 7.92. The summed E-state index contributed by atoms with van der Waals surface area (Å²) in [7, 11) is -4.11. The number of halogens is 1. The molecule has 3 aromatic rings. The van der Waals surface area contributed by atoms with Gasteiger partial charge in [-0.05, 0) is 83.3 Å². The van der Waals surface area contributed by atoms with Crippen LogP contribution in [0, 0.1) is 5.82 Å². The standard InChI is InChI=1S/C23H25FN2O4S2/c1-14(2)18-10-17(24)11-19(15-5-7-25-8-6-15)20(18)12-21(27)26-32(29,30)22-9-16(13-31-22)23(3,4)28/h5-11,13-14,28H,12H2,1-4H3,(H,26,27). The van der Waals surface area contributed by atoms with E-state index in [-0.39, 0.29) is 16.5 Å². The monoisotopic (exact) mass is 476 g/mol. The largest absolute Gasteiger partial charge is 0.386 e. The molecule has 170 valence electrons. The minimum absolute atomic E-state index is 0.0690. The van der Waals surface area contributed by atoms with Gasteiger partial charge >= 0.3 is 0 Å². The molecule has 0 aliphatic heterocycles. The molecule has 1 aromatic carbocycles. The van der Waals surface area contributed by atoms with Crippen LogP contribution in [0.1, 0.15) is 50.3 Å². The minimum atomic E-state index is -4.11. The summed E-state index contributed by atoms with van der Waals surface area (Å²) < 4.78 is 41.8. The van der Waals surface area contributed by atoms with Crippen molar-refractivity contribution in [3.8, 4) is 11.1 Å². The number of hydrogen-bond acceptors (Lipinski definition) is 6. The van der Waals surface area contributed by atoms with Crippen molar-refractivity contribution in [3.63, 3.8) is 0 Å². The summed E-state index contributed by atoms with van der Waals surface area (Å²) in [5, 5.41) is 11.6. The van der Waals surface area contributed by atoms with E-state index < -0.39 is 27.3 Å². The summed E-state index contributed by atoms with van der Waals surface area (Å²) >= 11 is 0.922. The number of amides is 1. The first-order chi connectivity index (χ1) is 14.9. The van der Waals surface area contributed by atoms with E-state index in [2.05, 4.69) is 9.71 Å². The second-order valence-electron chi connectivity index (χ2n) is 8.33. The second-order valence-corrected chi connectivity index (χ2v) is 11.2. The molecule has 0 saturated carbocycles. The van der Waals surface area contributed by atoms with E-state index in [0.29, 0.717) is 27.8 Å². The number of thiophene rings is 1. The fourth-order valence-electron chi connectivity index (χ4n) is 3.33. The Hall–Kier alpha value is -2.62. The quantitative estimate of drug-likeness (QED) is 0.529. The number of rotatable bonds is 7. The Labute approximate surface area is 191 Å². The maximum Gasteiger partial charge on any atom is 0.273 e. The SMILES string of the molecule is CC(C)c1cc(F)cc(-c2ccncc2)c1CC(=O)NS(=O)(=O)c1cc(C(C)(C)O)cs1. The molecular weight excluding hydrogens is 451 g/mol. The number of carbonyl (C=O) groups is 1. The molecule has 0 spiro atoms. The minimum Gasteiger partial charge on any atom is -0.386 e. The van der Waals surface area contributed by atoms with Crippen LogP contribution in [0.5, 0.6) is 0 Å². The first-order valence-corrected chi connectivity index (χ1v) is 12.3. The molecule has 1 amide bonds. The molecule has 2 N–H and O–H groups in total. The Morgan fingerprint density at radius 2 is 1.88 bits per heavy atom. The molecule has 2 aromatic heterocycles. The van der Waals surface area contributed by atoms with Crippen LogP contribution in [0.25, 0.3) is 11.1 Å². The highest BCUT2D eigenvalue weighted by Crippen LogP contribution is 2.32. The van der Waals surface area contributed by atoms with E-state index in [1.54, 1.807) is 38.4 Å². The van der Waals surface area contributed by atoms with E-state index in [1.165, 1.54) is 23.6 Å². The van der Waals surface area contributed by atoms with Crippen LogP contribution in [-0.4, -0.2) is 24.4 Å². The Morgan fingerprint density at radius 3 is 2.44 bits per heavy atom. The van der Waals surface area contributed by atoms with E-state index in [4.69, 9.17) is 0 Å². The van der Waals surface area contributed by atoms with Gasteiger partial charge in [0.25, 0.3) is 10.0 Å². The maximum atomic E-state index is 14.4. The molecule has 3 rings (SSSR count). The van der Waals surface area contributed by atoms with Crippen molar-refractivity contribution in [2.24, 2.45) is 0 Å². The van der Waals surface area contributed by atoms with Crippen LogP contribution in [0.15, 0.2) is 52.3 Å². The van der Waals surface area contributed by atoms with Gasteiger partial charge in [0.1, 0.15) is 10.0 Å². The van der Waals surface area contributed by atoms with Crippen molar-refractivity contribution in [2.45, 2.75) is 49.8 Å². The number of sulfonamides is 1. The third-order valence-electron chi connectivity index (χ3n) is 4.99. The van der Waals surface area contributed by atoms with E-state index in [1.807, 2.05) is 13.8 Å². The van der Waals surface area contributed by atoms with Gasteiger partial charge in [-0.1, -0.05) is 13.8 Å². The number of nitrogens with zero attached hydrogens (tertiary/aromatic N) is 1. The summed E-state index contributed by atoms with van der Waals surface area (Å²) in [4.78, 5) is 16.8. The Bertz CT molecular complexity index is 1230. The number of carbonyl (C=O) groups excluding carboxylic acids is 1. The number of aliphatic hydroxyl groups is 1. The molecule has 32 heavy (non-hydrogen) atoms. The Balaban J connectivity index is 1.94. The van der Waals surface area contributed by atoms with Gasteiger partial charge in [-0.25, -0.2) is 17.5 Å². The fraction of sp³-hybridized carbons (Fsp3) is 0.304. The molecule has 2 heterocycles. The highest BCUT2D eigenvalue weighted by atomic mass is 32.2. The lowest BCUT2D eigenvalue weighted by Gasteiger charge is -2.18. The average Bonchev–Trinajstić information content (AvgIpc) is 3.21. The van der Waals surface area contributed by atoms with Gasteiger partial charge < -0.3 is 5.11 Å². The predicted molar refractivity (Wildman–Crippen MR) is 122 cm³/mol. The molecule has 0 aliphatic rings. The number of benzene rings is 1. The van der Waals surface area contributed by atoms with Gasteiger partial charge in [-0.15, -0.1) is 11.3 Å². The highest BCUT2D eigenvalue weighted by Gasteiger charge is 2.26. The molecule has 6 nitrogen and oxygen atoms in total. The molecule has 0 unspecified atom stereocenters. The van der Waals surface area contributed by atoms with Crippen LogP contribution in [0.2, 0.25) is 0 Å². The zero-order valence-electron chi connectivity index (χ0n) is 18.2. The van der Waals surface area contributed by atoms with Crippen molar-refractivity contribution in [2.75, 3.05) is 0 Å². The van der Waals surface area contributed by atoms with Crippen molar-refractivity contribution < 1.29 is 22.7 Å². The van der Waals surface area contributed by atoms with Crippen molar-refractivity contribution >= 4 is 27.3 Å². The molecule has 0 radical (unpaired) electrons. The molecule has 0 fully saturated rings. The maximum absolute atomic E-state index is 14.4. The van der Waals surface area contributed by atoms with Crippen LogP contribution in [-0.2, 0) is 26.8 Å². The topological polar surface area (TPSA) is 96.4 Å². The molecule has 0 aliphatic carbocycles. The fourth-order valence-corrected chi connectivity index (χ4v) is 5.66. The van der Waals surface area contributed by atoms with Crippen LogP contribution < -0.4 is 4.72 Å². The lowest BCUT2D eigenvalue weighted by atomic mass is 9.88. The van der Waals surface area contributed by atoms with Crippen LogP contribution in [0.4, 0.5) is 4.39 Å². The summed E-state index contributed by atoms with van der Waals surface area (Å²) in [6, 6.07) is 7.48. The molecule has 0 atom stereocenters. The Morgan fingerprint density at radius 1 is 1.22 bits per heavy atom. The summed E-state index contributed by atoms with van der Waals surface area (Å²) in [5.74, 6) is -1.25. The summed E-state index contributed by atoms with van der Waals surface area (Å²) in [5.41, 5.74) is 1.63. The van der Waals surface area contributed by atoms with Crippen molar-refractivity contribution in [1.82, 2.24) is 9.71 Å². The van der Waals surface area contributed by atoms with Gasteiger partial charge in [-0.2, -0.15) is 0 Å². The van der Waals surface area contributed by atoms with Crippen molar-refractivity contribution in [1.29, 1.82) is 0 Å². The van der Waals surface area contributed by atoms with Gasteiger partial charge in [0.15, 0.2) is 0 Å². The molecule has 9 heteroatoms. The number of pyridine rings is 1. The first kappa shape index (κ1) is 24.0. The zero-order valence-corrected chi connectivity index (χ0v) is 19.8. The first-order valence-electron chi connectivity index (χ1n) is 9.98. The third-order valence-corrected chi connectivity index (χ3v) is 7.81. The Kier molecular flexibility index (Phi) is 6.83.